The number of carbonyl (C=O) groups is 2. The summed E-state index contributed by atoms with van der Waals surface area (Å²) in [4.78, 5) is 25.1. The molecule has 0 bridgehead atoms. The molecular weight excluding hydrogens is 212 g/mol. The highest BCUT2D eigenvalue weighted by atomic mass is 16.5. The Hall–Kier alpha value is -1.75. The quantitative estimate of drug-likeness (QED) is 0.317. The lowest BCUT2D eigenvalue weighted by atomic mass is 9.99. The van der Waals surface area contributed by atoms with Crippen LogP contribution in [-0.4, -0.2) is 31.6 Å². The first-order valence-electron chi connectivity index (χ1n) is 4.94. The van der Waals surface area contributed by atoms with Gasteiger partial charge in [0.1, 0.15) is 12.6 Å². The van der Waals surface area contributed by atoms with Gasteiger partial charge in [-0.3, -0.25) is 4.79 Å². The van der Waals surface area contributed by atoms with E-state index >= 15 is 0 Å². The average Bonchev–Trinajstić information content (AvgIpc) is 2.31. The lowest BCUT2D eigenvalue weighted by Gasteiger charge is -2.21. The molecule has 90 valence electrons. The molecule has 16 heavy (non-hydrogen) atoms. The number of hydrogen-bond donors (Lipinski definition) is 1. The molecular formula is C9H16N4O3. The van der Waals surface area contributed by atoms with Gasteiger partial charge in [0.05, 0.1) is 7.11 Å². The van der Waals surface area contributed by atoms with Crippen molar-refractivity contribution in [3.63, 3.8) is 0 Å². The van der Waals surface area contributed by atoms with Gasteiger partial charge >= 0.3 is 5.97 Å². The van der Waals surface area contributed by atoms with Gasteiger partial charge in [-0.05, 0) is 11.4 Å². The lowest BCUT2D eigenvalue weighted by Crippen LogP contribution is -2.46. The maximum absolute atomic E-state index is 11.4. The SMILES string of the molecule is CCC(C)C(NC(=O)CN=[N+]=[N-])C(=O)OC. The van der Waals surface area contributed by atoms with E-state index in [1.54, 1.807) is 0 Å². The van der Waals surface area contributed by atoms with Gasteiger partial charge in [0.2, 0.25) is 5.91 Å². The summed E-state index contributed by atoms with van der Waals surface area (Å²) in [5.74, 6) is -1.03. The summed E-state index contributed by atoms with van der Waals surface area (Å²) >= 11 is 0. The molecule has 0 aromatic rings. The van der Waals surface area contributed by atoms with Crippen molar-refractivity contribution in [2.75, 3.05) is 13.7 Å². The first-order valence-corrected chi connectivity index (χ1v) is 4.94. The van der Waals surface area contributed by atoms with Gasteiger partial charge in [0.15, 0.2) is 0 Å². The van der Waals surface area contributed by atoms with E-state index in [1.807, 2.05) is 13.8 Å². The summed E-state index contributed by atoms with van der Waals surface area (Å²) in [7, 11) is 1.26. The number of nitrogens with one attached hydrogen (secondary N) is 1. The minimum atomic E-state index is -0.698. The van der Waals surface area contributed by atoms with E-state index < -0.39 is 17.9 Å². The highest BCUT2D eigenvalue weighted by Gasteiger charge is 2.26. The Morgan fingerprint density at radius 3 is 2.62 bits per heavy atom. The molecule has 0 aliphatic carbocycles. The van der Waals surface area contributed by atoms with Crippen LogP contribution in [0.4, 0.5) is 0 Å². The average molecular weight is 228 g/mol. The fraction of sp³-hybridized carbons (Fsp3) is 0.778. The van der Waals surface area contributed by atoms with E-state index in [1.165, 1.54) is 7.11 Å². The fourth-order valence-electron chi connectivity index (χ4n) is 1.11. The molecule has 0 aliphatic heterocycles. The Bertz CT molecular complexity index is 299. The van der Waals surface area contributed by atoms with E-state index in [9.17, 15) is 9.59 Å². The molecule has 0 saturated heterocycles. The monoisotopic (exact) mass is 228 g/mol. The summed E-state index contributed by atoms with van der Waals surface area (Å²) in [6, 6.07) is -0.698. The van der Waals surface area contributed by atoms with E-state index in [2.05, 4.69) is 20.1 Å². The molecule has 0 radical (unpaired) electrons. The molecule has 0 aromatic heterocycles. The summed E-state index contributed by atoms with van der Waals surface area (Å²) in [5.41, 5.74) is 8.05. The van der Waals surface area contributed by atoms with Gasteiger partial charge in [0.25, 0.3) is 0 Å². The van der Waals surface area contributed by atoms with Crippen LogP contribution >= 0.6 is 0 Å². The Morgan fingerprint density at radius 2 is 2.19 bits per heavy atom. The minimum absolute atomic E-state index is 0.0394. The van der Waals surface area contributed by atoms with Crippen molar-refractivity contribution in [2.45, 2.75) is 26.3 Å². The number of ether oxygens (including phenoxy) is 1. The first kappa shape index (κ1) is 14.2. The number of nitrogens with zero attached hydrogens (tertiary/aromatic N) is 3. The van der Waals surface area contributed by atoms with Gasteiger partial charge in [-0.1, -0.05) is 25.4 Å². The number of hydrogen-bond acceptors (Lipinski definition) is 4. The zero-order valence-electron chi connectivity index (χ0n) is 9.64. The smallest absolute Gasteiger partial charge is 0.328 e. The lowest BCUT2D eigenvalue weighted by molar-refractivity contribution is -0.146. The van der Waals surface area contributed by atoms with Crippen molar-refractivity contribution in [2.24, 2.45) is 11.0 Å². The van der Waals surface area contributed by atoms with Crippen molar-refractivity contribution in [3.8, 4) is 0 Å². The fourth-order valence-corrected chi connectivity index (χ4v) is 1.11. The highest BCUT2D eigenvalue weighted by Crippen LogP contribution is 2.09. The number of azide groups is 1. The second-order valence-electron chi connectivity index (χ2n) is 3.34. The number of esters is 1. The molecule has 1 N–H and O–H groups in total. The zero-order chi connectivity index (χ0) is 12.6. The van der Waals surface area contributed by atoms with Crippen LogP contribution in [0.5, 0.6) is 0 Å². The normalized spacial score (nSPS) is 13.2. The Morgan fingerprint density at radius 1 is 1.56 bits per heavy atom. The van der Waals surface area contributed by atoms with E-state index in [4.69, 9.17) is 5.53 Å². The standard InChI is InChI=1S/C9H16N4O3/c1-4-6(2)8(9(15)16-3)12-7(14)5-11-13-10/h6,8H,4-5H2,1-3H3,(H,12,14). The van der Waals surface area contributed by atoms with Crippen LogP contribution < -0.4 is 5.32 Å². The number of methoxy groups -OCH3 is 1. The van der Waals surface area contributed by atoms with Crippen LogP contribution in [0.15, 0.2) is 5.11 Å². The van der Waals surface area contributed by atoms with Crippen molar-refractivity contribution in [3.05, 3.63) is 10.4 Å². The van der Waals surface area contributed by atoms with Crippen LogP contribution in [0.1, 0.15) is 20.3 Å². The topological polar surface area (TPSA) is 104 Å². The molecule has 0 rings (SSSR count). The molecule has 0 heterocycles. The summed E-state index contributed by atoms with van der Waals surface area (Å²) in [5, 5.41) is 5.59. The van der Waals surface area contributed by atoms with E-state index in [0.29, 0.717) is 0 Å². The summed E-state index contributed by atoms with van der Waals surface area (Å²) < 4.78 is 4.58. The van der Waals surface area contributed by atoms with Crippen LogP contribution in [0.3, 0.4) is 0 Å². The molecule has 1 amide bonds. The number of amides is 1. The number of rotatable bonds is 6. The van der Waals surface area contributed by atoms with Crippen molar-refractivity contribution in [1.82, 2.24) is 5.32 Å². The Labute approximate surface area is 93.8 Å². The summed E-state index contributed by atoms with van der Waals surface area (Å²) in [6.07, 6.45) is 0.724. The van der Waals surface area contributed by atoms with E-state index in [0.717, 1.165) is 6.42 Å². The van der Waals surface area contributed by atoms with Crippen molar-refractivity contribution < 1.29 is 14.3 Å². The zero-order valence-corrected chi connectivity index (χ0v) is 9.64. The molecule has 0 fully saturated rings. The van der Waals surface area contributed by atoms with Crippen LogP contribution in [-0.2, 0) is 14.3 Å². The minimum Gasteiger partial charge on any atom is -0.467 e. The van der Waals surface area contributed by atoms with Gasteiger partial charge in [-0.25, -0.2) is 4.79 Å². The molecule has 0 aliphatic rings. The molecule has 0 aromatic carbocycles. The first-order chi connectivity index (χ1) is 7.56. The Kier molecular flexibility index (Phi) is 6.71. The second kappa shape index (κ2) is 7.53. The predicted octanol–water partition coefficient (Wildman–Crippen LogP) is 1.00. The Balaban J connectivity index is 4.48. The predicted molar refractivity (Wildman–Crippen MR) is 57.4 cm³/mol. The van der Waals surface area contributed by atoms with Crippen LogP contribution in [0.25, 0.3) is 10.4 Å². The number of carbonyl (C=O) groups excluding carboxylic acids is 2. The third-order valence-corrected chi connectivity index (χ3v) is 2.26. The van der Waals surface area contributed by atoms with Gasteiger partial charge in [-0.2, -0.15) is 0 Å². The van der Waals surface area contributed by atoms with Gasteiger partial charge < -0.3 is 10.1 Å². The van der Waals surface area contributed by atoms with Crippen molar-refractivity contribution >= 4 is 11.9 Å². The summed E-state index contributed by atoms with van der Waals surface area (Å²) in [6.45, 7) is 3.41. The third kappa shape index (κ3) is 4.65. The largest absolute Gasteiger partial charge is 0.467 e. The highest BCUT2D eigenvalue weighted by molar-refractivity contribution is 5.85. The molecule has 7 heteroatoms. The molecule has 7 nitrogen and oxygen atoms in total. The van der Waals surface area contributed by atoms with Gasteiger partial charge in [0, 0.05) is 4.91 Å². The van der Waals surface area contributed by atoms with Crippen molar-refractivity contribution in [1.29, 1.82) is 0 Å². The third-order valence-electron chi connectivity index (χ3n) is 2.26. The second-order valence-corrected chi connectivity index (χ2v) is 3.34. The molecule has 0 saturated carbocycles. The molecule has 0 spiro atoms. The molecule has 2 atom stereocenters. The van der Waals surface area contributed by atoms with Gasteiger partial charge in [-0.15, -0.1) is 0 Å². The van der Waals surface area contributed by atoms with E-state index in [-0.39, 0.29) is 12.5 Å². The maximum Gasteiger partial charge on any atom is 0.328 e. The van der Waals surface area contributed by atoms with Crippen LogP contribution in [0, 0.1) is 5.92 Å². The molecule has 2 unspecified atom stereocenters. The van der Waals surface area contributed by atoms with Crippen LogP contribution in [0.2, 0.25) is 0 Å². The maximum atomic E-state index is 11.4.